The molecule has 2 aliphatic heterocycles. The first-order valence-corrected chi connectivity index (χ1v) is 13.5. The quantitative estimate of drug-likeness (QED) is 0.376. The maximum atomic E-state index is 12.0. The van der Waals surface area contributed by atoms with Crippen LogP contribution in [-0.4, -0.2) is 85.5 Å². The van der Waals surface area contributed by atoms with Gasteiger partial charge in [-0.15, -0.1) is 0 Å². The van der Waals surface area contributed by atoms with Gasteiger partial charge in [0.2, 0.25) is 10.0 Å². The maximum absolute atomic E-state index is 12.0. The minimum Gasteiger partial charge on any atom is -0.383 e. The van der Waals surface area contributed by atoms with E-state index in [1.165, 1.54) is 4.31 Å². The van der Waals surface area contributed by atoms with Crippen LogP contribution >= 0.6 is 0 Å². The van der Waals surface area contributed by atoms with Crippen LogP contribution < -0.4 is 0 Å². The summed E-state index contributed by atoms with van der Waals surface area (Å²) >= 11 is 0. The Bertz CT molecular complexity index is 1640. The molecule has 0 atom stereocenters. The highest BCUT2D eigenvalue weighted by Gasteiger charge is 2.49. The summed E-state index contributed by atoms with van der Waals surface area (Å²) in [6.45, 7) is 1.26. The molecular formula is C24H24N8O4S. The molecule has 37 heavy (non-hydrogen) atoms. The third kappa shape index (κ3) is 4.17. The topological polar surface area (TPSA) is 152 Å². The smallest absolute Gasteiger partial charge is 0.211 e. The Morgan fingerprint density at radius 3 is 2.76 bits per heavy atom. The lowest BCUT2D eigenvalue weighted by Crippen LogP contribution is -2.63. The first-order valence-electron chi connectivity index (χ1n) is 11.7. The van der Waals surface area contributed by atoms with E-state index in [0.717, 1.165) is 22.7 Å². The molecule has 190 valence electrons. The predicted octanol–water partition coefficient (Wildman–Crippen LogP) is 1.00. The van der Waals surface area contributed by atoms with Gasteiger partial charge >= 0.3 is 0 Å². The van der Waals surface area contributed by atoms with Crippen LogP contribution in [0.1, 0.15) is 6.42 Å². The van der Waals surface area contributed by atoms with Crippen LogP contribution in [0.25, 0.3) is 33.5 Å². The van der Waals surface area contributed by atoms with E-state index in [-0.39, 0.29) is 32.7 Å². The highest BCUT2D eigenvalue weighted by atomic mass is 32.2. The number of nitrogens with zero attached hydrogens (tertiary/aromatic N) is 8. The van der Waals surface area contributed by atoms with Crippen molar-refractivity contribution in [2.75, 3.05) is 32.6 Å². The Morgan fingerprint density at radius 2 is 2.05 bits per heavy atom. The molecule has 0 amide bonds. The molecule has 0 radical (unpaired) electrons. The molecule has 0 aliphatic carbocycles. The van der Waals surface area contributed by atoms with Crippen molar-refractivity contribution in [3.8, 4) is 28.7 Å². The van der Waals surface area contributed by atoms with Crippen LogP contribution in [-0.2, 0) is 26.8 Å². The zero-order valence-corrected chi connectivity index (χ0v) is 20.8. The van der Waals surface area contributed by atoms with Gasteiger partial charge in [-0.3, -0.25) is 14.3 Å². The van der Waals surface area contributed by atoms with Crippen LogP contribution in [0, 0.1) is 11.3 Å². The van der Waals surface area contributed by atoms with Crippen molar-refractivity contribution in [3.63, 3.8) is 0 Å². The van der Waals surface area contributed by atoms with Crippen molar-refractivity contribution in [2.45, 2.75) is 24.1 Å². The minimum atomic E-state index is -3.35. The largest absolute Gasteiger partial charge is 0.383 e. The summed E-state index contributed by atoms with van der Waals surface area (Å²) in [4.78, 5) is 9.41. The van der Waals surface area contributed by atoms with Gasteiger partial charge < -0.3 is 9.84 Å². The highest BCUT2D eigenvalue weighted by molar-refractivity contribution is 7.88. The van der Waals surface area contributed by atoms with Crippen molar-refractivity contribution < 1.29 is 18.3 Å². The van der Waals surface area contributed by atoms with E-state index in [4.69, 9.17) is 14.8 Å². The summed E-state index contributed by atoms with van der Waals surface area (Å²) in [6.07, 6.45) is 8.29. The monoisotopic (exact) mass is 520 g/mol. The molecule has 12 nitrogen and oxygen atoms in total. The molecule has 2 saturated heterocycles. The molecular weight excluding hydrogens is 496 g/mol. The average molecular weight is 521 g/mol. The molecule has 4 aromatic rings. The fourth-order valence-corrected chi connectivity index (χ4v) is 5.72. The first-order chi connectivity index (χ1) is 17.7. The molecule has 0 unspecified atom stereocenters. The van der Waals surface area contributed by atoms with Crippen molar-refractivity contribution in [2.24, 2.45) is 0 Å². The summed E-state index contributed by atoms with van der Waals surface area (Å²) in [5, 5.41) is 29.8. The van der Waals surface area contributed by atoms with Crippen LogP contribution in [0.2, 0.25) is 0 Å². The summed E-state index contributed by atoms with van der Waals surface area (Å²) in [7, 11) is -3.35. The Labute approximate surface area is 212 Å². The molecule has 0 aromatic carbocycles. The van der Waals surface area contributed by atoms with Crippen LogP contribution in [0.4, 0.5) is 0 Å². The summed E-state index contributed by atoms with van der Waals surface area (Å²) in [5.41, 5.74) is 1.71. The van der Waals surface area contributed by atoms with Gasteiger partial charge in [-0.25, -0.2) is 13.4 Å². The van der Waals surface area contributed by atoms with Gasteiger partial charge in [-0.2, -0.15) is 19.8 Å². The van der Waals surface area contributed by atoms with E-state index in [9.17, 15) is 18.8 Å². The number of hydrogen-bond donors (Lipinski definition) is 1. The number of hydrogen-bond acceptors (Lipinski definition) is 9. The van der Waals surface area contributed by atoms with Crippen molar-refractivity contribution in [3.05, 3.63) is 49.1 Å². The van der Waals surface area contributed by atoms with Gasteiger partial charge in [0.15, 0.2) is 0 Å². The van der Waals surface area contributed by atoms with E-state index in [0.29, 0.717) is 23.6 Å². The standard InChI is InChI=1S/C24H24N8O4S/c1-37(34,35)31-12-23(13-31,5-6-25)32-8-4-19(29-32)22-18-3-2-7-26-21(18)9-20(28-22)17-10-27-30(11-17)14-24(33)15-36-16-24/h2-4,7-11,33H,5,12-16H2,1H3. The maximum Gasteiger partial charge on any atom is 0.211 e. The molecule has 6 rings (SSSR count). The van der Waals surface area contributed by atoms with Crippen molar-refractivity contribution in [1.82, 2.24) is 33.8 Å². The van der Waals surface area contributed by atoms with Crippen LogP contribution in [0.5, 0.6) is 0 Å². The molecule has 4 aromatic heterocycles. The predicted molar refractivity (Wildman–Crippen MR) is 132 cm³/mol. The fraction of sp³-hybridized carbons (Fsp3) is 0.375. The number of fused-ring (bicyclic) bond motifs is 1. The minimum absolute atomic E-state index is 0.131. The Hall–Kier alpha value is -3.70. The molecule has 0 saturated carbocycles. The van der Waals surface area contributed by atoms with Gasteiger partial charge in [0, 0.05) is 42.6 Å². The zero-order valence-electron chi connectivity index (χ0n) is 20.0. The Morgan fingerprint density at radius 1 is 1.24 bits per heavy atom. The molecule has 13 heteroatoms. The van der Waals surface area contributed by atoms with E-state index in [2.05, 4.69) is 16.2 Å². The second-order valence-corrected chi connectivity index (χ2v) is 11.8. The number of rotatable bonds is 7. The summed E-state index contributed by atoms with van der Waals surface area (Å²) in [6, 6.07) is 9.62. The second-order valence-electron chi connectivity index (χ2n) is 9.81. The number of sulfonamides is 1. The molecule has 2 aliphatic rings. The zero-order chi connectivity index (χ0) is 25.8. The summed E-state index contributed by atoms with van der Waals surface area (Å²) in [5.74, 6) is 0. The SMILES string of the molecule is CS(=O)(=O)N1CC(CC#N)(n2ccc(-c3nc(-c4cnn(CC5(O)COC5)c4)cc4ncccc34)n2)C1. The van der Waals surface area contributed by atoms with Crippen LogP contribution in [0.15, 0.2) is 49.1 Å². The number of aromatic nitrogens is 6. The van der Waals surface area contributed by atoms with E-state index < -0.39 is 21.2 Å². The number of nitriles is 1. The van der Waals surface area contributed by atoms with Crippen molar-refractivity contribution in [1.29, 1.82) is 5.26 Å². The Balaban J connectivity index is 1.37. The fourth-order valence-electron chi connectivity index (χ4n) is 4.78. The normalized spacial score (nSPS) is 18.7. The van der Waals surface area contributed by atoms with E-state index >= 15 is 0 Å². The Kier molecular flexibility index (Phi) is 5.39. The number of ether oxygens (including phenoxy) is 1. The lowest BCUT2D eigenvalue weighted by molar-refractivity contribution is -0.186. The second kappa shape index (κ2) is 8.42. The molecule has 1 N–H and O–H groups in total. The molecule has 6 heterocycles. The van der Waals surface area contributed by atoms with Gasteiger partial charge in [-0.05, 0) is 24.3 Å². The molecule has 2 fully saturated rings. The number of pyridine rings is 2. The van der Waals surface area contributed by atoms with Gasteiger partial charge in [0.05, 0.1) is 55.9 Å². The van der Waals surface area contributed by atoms with Gasteiger partial charge in [0.1, 0.15) is 22.5 Å². The lowest BCUT2D eigenvalue weighted by Gasteiger charge is -2.47. The third-order valence-electron chi connectivity index (χ3n) is 6.86. The average Bonchev–Trinajstić information content (AvgIpc) is 3.49. The molecule has 0 spiro atoms. The first kappa shape index (κ1) is 23.7. The van der Waals surface area contributed by atoms with E-state index in [1.807, 2.05) is 30.5 Å². The third-order valence-corrected chi connectivity index (χ3v) is 8.06. The highest BCUT2D eigenvalue weighted by Crippen LogP contribution is 2.36. The van der Waals surface area contributed by atoms with Crippen LogP contribution in [0.3, 0.4) is 0 Å². The van der Waals surface area contributed by atoms with E-state index in [1.54, 1.807) is 28.0 Å². The lowest BCUT2D eigenvalue weighted by atomic mass is 9.89. The van der Waals surface area contributed by atoms with Gasteiger partial charge in [0.25, 0.3) is 0 Å². The van der Waals surface area contributed by atoms with Gasteiger partial charge in [-0.1, -0.05) is 0 Å². The summed E-state index contributed by atoms with van der Waals surface area (Å²) < 4.78 is 33.7. The van der Waals surface area contributed by atoms with Crippen molar-refractivity contribution >= 4 is 20.9 Å². The number of aliphatic hydroxyl groups is 1. The molecule has 0 bridgehead atoms.